The number of benzene rings is 1. The maximum atomic E-state index is 12.1. The van der Waals surface area contributed by atoms with E-state index in [0.29, 0.717) is 5.69 Å². The summed E-state index contributed by atoms with van der Waals surface area (Å²) >= 11 is 0. The predicted molar refractivity (Wildman–Crippen MR) is 90.3 cm³/mol. The van der Waals surface area contributed by atoms with Gasteiger partial charge in [-0.05, 0) is 51.3 Å². The zero-order valence-corrected chi connectivity index (χ0v) is 13.0. The Morgan fingerprint density at radius 1 is 1.09 bits per heavy atom. The summed E-state index contributed by atoms with van der Waals surface area (Å²) in [6, 6.07) is 13.0. The van der Waals surface area contributed by atoms with Gasteiger partial charge in [-0.25, -0.2) is 4.98 Å². The quantitative estimate of drug-likeness (QED) is 0.772. The van der Waals surface area contributed by atoms with E-state index in [1.807, 2.05) is 36.4 Å². The second-order valence-electron chi connectivity index (χ2n) is 5.34. The molecule has 2 N–H and O–H groups in total. The molecule has 1 aromatic heterocycles. The monoisotopic (exact) mass is 298 g/mol. The van der Waals surface area contributed by atoms with Crippen LogP contribution in [0.15, 0.2) is 48.7 Å². The van der Waals surface area contributed by atoms with Crippen molar-refractivity contribution in [1.29, 1.82) is 0 Å². The third-order valence-electron chi connectivity index (χ3n) is 3.14. The van der Waals surface area contributed by atoms with Crippen molar-refractivity contribution in [3.05, 3.63) is 54.4 Å². The van der Waals surface area contributed by atoms with Crippen molar-refractivity contribution in [2.75, 3.05) is 37.8 Å². The van der Waals surface area contributed by atoms with Gasteiger partial charge in [0.05, 0.1) is 11.9 Å². The van der Waals surface area contributed by atoms with Gasteiger partial charge < -0.3 is 15.5 Å². The standard InChI is InChI=1S/C17H22N4O/c1-21(2)12-6-11-18-15-9-10-16(19-13-15)17(22)20-14-7-4-3-5-8-14/h3-5,7-10,13,18H,6,11-12H2,1-2H3,(H,20,22). The maximum absolute atomic E-state index is 12.1. The Bertz CT molecular complexity index is 581. The highest BCUT2D eigenvalue weighted by atomic mass is 16.1. The van der Waals surface area contributed by atoms with Crippen LogP contribution in [-0.2, 0) is 0 Å². The lowest BCUT2D eigenvalue weighted by Gasteiger charge is -2.10. The number of nitrogens with zero attached hydrogens (tertiary/aromatic N) is 2. The third-order valence-corrected chi connectivity index (χ3v) is 3.14. The minimum Gasteiger partial charge on any atom is -0.384 e. The fraction of sp³-hybridized carbons (Fsp3) is 0.294. The Labute approximate surface area is 131 Å². The highest BCUT2D eigenvalue weighted by Gasteiger charge is 2.07. The molecule has 0 aliphatic heterocycles. The third kappa shape index (κ3) is 5.18. The van der Waals surface area contributed by atoms with E-state index in [9.17, 15) is 4.79 Å². The van der Waals surface area contributed by atoms with Crippen molar-refractivity contribution in [3.63, 3.8) is 0 Å². The fourth-order valence-electron chi connectivity index (χ4n) is 1.98. The van der Waals surface area contributed by atoms with Gasteiger partial charge in [0.15, 0.2) is 0 Å². The molecule has 1 heterocycles. The van der Waals surface area contributed by atoms with Gasteiger partial charge in [-0.3, -0.25) is 4.79 Å². The van der Waals surface area contributed by atoms with Crippen LogP contribution in [-0.4, -0.2) is 43.0 Å². The number of nitrogens with one attached hydrogen (secondary N) is 2. The highest BCUT2D eigenvalue weighted by Crippen LogP contribution is 2.10. The van der Waals surface area contributed by atoms with Crippen molar-refractivity contribution in [3.8, 4) is 0 Å². The zero-order chi connectivity index (χ0) is 15.8. The number of hydrogen-bond acceptors (Lipinski definition) is 4. The lowest BCUT2D eigenvalue weighted by molar-refractivity contribution is 0.102. The van der Waals surface area contributed by atoms with Crippen LogP contribution in [0.1, 0.15) is 16.9 Å². The first-order chi connectivity index (χ1) is 10.6. The largest absolute Gasteiger partial charge is 0.384 e. The van der Waals surface area contributed by atoms with Gasteiger partial charge in [0.25, 0.3) is 5.91 Å². The molecule has 22 heavy (non-hydrogen) atoms. The lowest BCUT2D eigenvalue weighted by atomic mass is 10.3. The van der Waals surface area contributed by atoms with Gasteiger partial charge in [-0.1, -0.05) is 18.2 Å². The Morgan fingerprint density at radius 3 is 2.50 bits per heavy atom. The molecular formula is C17H22N4O. The van der Waals surface area contributed by atoms with E-state index in [4.69, 9.17) is 0 Å². The summed E-state index contributed by atoms with van der Waals surface area (Å²) in [7, 11) is 4.11. The molecule has 0 unspecified atom stereocenters. The molecule has 0 radical (unpaired) electrons. The molecule has 116 valence electrons. The molecule has 0 aliphatic carbocycles. The van der Waals surface area contributed by atoms with Crippen LogP contribution in [0, 0.1) is 0 Å². The van der Waals surface area contributed by atoms with Gasteiger partial charge in [0.2, 0.25) is 0 Å². The number of amides is 1. The van der Waals surface area contributed by atoms with Gasteiger partial charge in [-0.2, -0.15) is 0 Å². The number of pyridine rings is 1. The number of carbonyl (C=O) groups excluding carboxylic acids is 1. The van der Waals surface area contributed by atoms with E-state index in [2.05, 4.69) is 34.6 Å². The predicted octanol–water partition coefficient (Wildman–Crippen LogP) is 2.70. The SMILES string of the molecule is CN(C)CCCNc1ccc(C(=O)Nc2ccccc2)nc1. The smallest absolute Gasteiger partial charge is 0.274 e. The summed E-state index contributed by atoms with van der Waals surface area (Å²) in [6.45, 7) is 1.92. The summed E-state index contributed by atoms with van der Waals surface area (Å²) in [6.07, 6.45) is 2.75. The topological polar surface area (TPSA) is 57.3 Å². The Balaban J connectivity index is 1.84. The molecule has 1 aromatic carbocycles. The molecule has 5 nitrogen and oxygen atoms in total. The number of aromatic nitrogens is 1. The average Bonchev–Trinajstić information content (AvgIpc) is 2.53. The second-order valence-corrected chi connectivity index (χ2v) is 5.34. The van der Waals surface area contributed by atoms with E-state index in [-0.39, 0.29) is 5.91 Å². The molecule has 0 bridgehead atoms. The average molecular weight is 298 g/mol. The van der Waals surface area contributed by atoms with Gasteiger partial charge >= 0.3 is 0 Å². The summed E-state index contributed by atoms with van der Waals surface area (Å²) in [5.74, 6) is -0.203. The number of hydrogen-bond donors (Lipinski definition) is 2. The molecule has 5 heteroatoms. The summed E-state index contributed by atoms with van der Waals surface area (Å²) in [4.78, 5) is 18.4. The zero-order valence-electron chi connectivity index (χ0n) is 13.0. The van der Waals surface area contributed by atoms with E-state index in [0.717, 1.165) is 30.9 Å². The minimum atomic E-state index is -0.203. The van der Waals surface area contributed by atoms with Gasteiger partial charge in [0, 0.05) is 12.2 Å². The summed E-state index contributed by atoms with van der Waals surface area (Å²) in [5, 5.41) is 6.11. The molecule has 0 atom stereocenters. The molecule has 2 aromatic rings. The molecule has 0 fully saturated rings. The molecular weight excluding hydrogens is 276 g/mol. The molecule has 0 spiro atoms. The highest BCUT2D eigenvalue weighted by molar-refractivity contribution is 6.02. The molecule has 0 aliphatic rings. The Morgan fingerprint density at radius 2 is 1.86 bits per heavy atom. The summed E-state index contributed by atoms with van der Waals surface area (Å²) in [5.41, 5.74) is 2.10. The normalized spacial score (nSPS) is 10.5. The van der Waals surface area contributed by atoms with Crippen molar-refractivity contribution >= 4 is 17.3 Å². The van der Waals surface area contributed by atoms with E-state index < -0.39 is 0 Å². The molecule has 1 amide bonds. The van der Waals surface area contributed by atoms with Crippen LogP contribution in [0.25, 0.3) is 0 Å². The minimum absolute atomic E-state index is 0.203. The van der Waals surface area contributed by atoms with Crippen molar-refractivity contribution < 1.29 is 4.79 Å². The number of para-hydroxylation sites is 1. The first-order valence-electron chi connectivity index (χ1n) is 7.36. The Hall–Kier alpha value is -2.40. The number of rotatable bonds is 7. The van der Waals surface area contributed by atoms with Crippen LogP contribution < -0.4 is 10.6 Å². The van der Waals surface area contributed by atoms with Crippen LogP contribution in [0.4, 0.5) is 11.4 Å². The number of anilines is 2. The van der Waals surface area contributed by atoms with Crippen molar-refractivity contribution in [2.45, 2.75) is 6.42 Å². The molecule has 0 saturated heterocycles. The first-order valence-corrected chi connectivity index (χ1v) is 7.36. The first kappa shape index (κ1) is 16.0. The lowest BCUT2D eigenvalue weighted by Crippen LogP contribution is -2.16. The fourth-order valence-corrected chi connectivity index (χ4v) is 1.98. The summed E-state index contributed by atoms with van der Waals surface area (Å²) < 4.78 is 0. The van der Waals surface area contributed by atoms with Crippen LogP contribution in [0.3, 0.4) is 0 Å². The van der Waals surface area contributed by atoms with E-state index in [1.54, 1.807) is 12.3 Å². The van der Waals surface area contributed by atoms with Crippen LogP contribution >= 0.6 is 0 Å². The number of carbonyl (C=O) groups is 1. The molecule has 2 rings (SSSR count). The van der Waals surface area contributed by atoms with E-state index >= 15 is 0 Å². The van der Waals surface area contributed by atoms with E-state index in [1.165, 1.54) is 0 Å². The van der Waals surface area contributed by atoms with Crippen molar-refractivity contribution in [1.82, 2.24) is 9.88 Å². The van der Waals surface area contributed by atoms with Gasteiger partial charge in [-0.15, -0.1) is 0 Å². The van der Waals surface area contributed by atoms with Crippen molar-refractivity contribution in [2.24, 2.45) is 0 Å². The van der Waals surface area contributed by atoms with Crippen LogP contribution in [0.2, 0.25) is 0 Å². The molecule has 0 saturated carbocycles. The van der Waals surface area contributed by atoms with Crippen LogP contribution in [0.5, 0.6) is 0 Å². The Kier molecular flexibility index (Phi) is 5.91. The van der Waals surface area contributed by atoms with Gasteiger partial charge in [0.1, 0.15) is 5.69 Å². The second kappa shape index (κ2) is 8.14. The maximum Gasteiger partial charge on any atom is 0.274 e.